The van der Waals surface area contributed by atoms with Crippen LogP contribution in [0.3, 0.4) is 0 Å². The van der Waals surface area contributed by atoms with Crippen molar-refractivity contribution in [3.8, 4) is 0 Å². The van der Waals surface area contributed by atoms with E-state index in [2.05, 4.69) is 13.8 Å². The minimum atomic E-state index is -0.766. The summed E-state index contributed by atoms with van der Waals surface area (Å²) in [5, 5.41) is 18.8. The molecule has 0 amide bonds. The van der Waals surface area contributed by atoms with E-state index in [4.69, 9.17) is 5.11 Å². The van der Waals surface area contributed by atoms with Gasteiger partial charge >= 0.3 is 11.9 Å². The van der Waals surface area contributed by atoms with Gasteiger partial charge in [-0.15, -0.1) is 0 Å². The first kappa shape index (κ1) is 24.9. The van der Waals surface area contributed by atoms with Crippen molar-refractivity contribution >= 4 is 11.9 Å². The number of carboxylic acid groups (broad SMARTS) is 2. The Kier molecular flexibility index (Phi) is 13.5. The zero-order valence-electron chi connectivity index (χ0n) is 17.6. The number of hydrogen-bond donors (Lipinski definition) is 2. The molecule has 0 aliphatic carbocycles. The van der Waals surface area contributed by atoms with Crippen molar-refractivity contribution in [1.29, 1.82) is 0 Å². The fourth-order valence-corrected chi connectivity index (χ4v) is 3.72. The third-order valence-electron chi connectivity index (χ3n) is 5.72. The summed E-state index contributed by atoms with van der Waals surface area (Å²) in [5.41, 5.74) is -0.685. The lowest BCUT2D eigenvalue weighted by molar-refractivity contribution is -0.150. The first-order chi connectivity index (χ1) is 12.3. The average Bonchev–Trinajstić information content (AvgIpc) is 2.59. The van der Waals surface area contributed by atoms with Crippen molar-refractivity contribution in [1.82, 2.24) is 0 Å². The molecular weight excluding hydrogens is 328 g/mol. The molecule has 0 fully saturated rings. The molecule has 154 valence electrons. The molecule has 26 heavy (non-hydrogen) atoms. The van der Waals surface area contributed by atoms with Crippen LogP contribution in [0.1, 0.15) is 111 Å². The number of unbranched alkanes of at least 4 members (excludes halogenated alkanes) is 5. The SMILES string of the molecule is CCCCCCC(CCCC)CC(C)(CCCCC(C)C(=O)O)C(=O)O. The summed E-state index contributed by atoms with van der Waals surface area (Å²) in [6.45, 7) is 8.01. The van der Waals surface area contributed by atoms with Crippen molar-refractivity contribution in [2.24, 2.45) is 17.3 Å². The Morgan fingerprint density at radius 3 is 1.96 bits per heavy atom. The highest BCUT2D eigenvalue weighted by atomic mass is 16.4. The van der Waals surface area contributed by atoms with Crippen LogP contribution in [0.4, 0.5) is 0 Å². The number of carbonyl (C=O) groups is 2. The van der Waals surface area contributed by atoms with Gasteiger partial charge in [0.15, 0.2) is 0 Å². The van der Waals surface area contributed by atoms with Crippen molar-refractivity contribution < 1.29 is 19.8 Å². The average molecular weight is 371 g/mol. The van der Waals surface area contributed by atoms with E-state index in [0.717, 1.165) is 38.5 Å². The molecule has 0 saturated carbocycles. The van der Waals surface area contributed by atoms with E-state index in [-0.39, 0.29) is 5.92 Å². The van der Waals surface area contributed by atoms with Crippen molar-refractivity contribution in [3.63, 3.8) is 0 Å². The van der Waals surface area contributed by atoms with Gasteiger partial charge in [-0.25, -0.2) is 0 Å². The molecule has 3 atom stereocenters. The van der Waals surface area contributed by atoms with Gasteiger partial charge in [0.05, 0.1) is 11.3 Å². The largest absolute Gasteiger partial charge is 0.481 e. The Labute approximate surface area is 160 Å². The molecular formula is C22H42O4. The Bertz CT molecular complexity index is 394. The van der Waals surface area contributed by atoms with E-state index in [1.54, 1.807) is 6.92 Å². The molecule has 0 aliphatic heterocycles. The quantitative estimate of drug-likeness (QED) is 0.286. The van der Waals surface area contributed by atoms with Crippen LogP contribution in [0.15, 0.2) is 0 Å². The van der Waals surface area contributed by atoms with Crippen molar-refractivity contribution in [2.75, 3.05) is 0 Å². The Balaban J connectivity index is 4.60. The topological polar surface area (TPSA) is 74.6 Å². The maximum absolute atomic E-state index is 11.9. The molecule has 0 rings (SSSR count). The van der Waals surface area contributed by atoms with Crippen molar-refractivity contribution in [2.45, 2.75) is 111 Å². The molecule has 0 aromatic rings. The monoisotopic (exact) mass is 370 g/mol. The first-order valence-electron chi connectivity index (χ1n) is 10.7. The first-order valence-corrected chi connectivity index (χ1v) is 10.7. The maximum Gasteiger partial charge on any atom is 0.309 e. The lowest BCUT2D eigenvalue weighted by Gasteiger charge is -2.30. The van der Waals surface area contributed by atoms with Crippen LogP contribution < -0.4 is 0 Å². The molecule has 0 aromatic heterocycles. The zero-order valence-corrected chi connectivity index (χ0v) is 17.6. The van der Waals surface area contributed by atoms with Gasteiger partial charge in [0.25, 0.3) is 0 Å². The molecule has 0 aromatic carbocycles. The van der Waals surface area contributed by atoms with Crippen LogP contribution in [0.5, 0.6) is 0 Å². The van der Waals surface area contributed by atoms with E-state index < -0.39 is 17.4 Å². The summed E-state index contributed by atoms with van der Waals surface area (Å²) in [6, 6.07) is 0. The van der Waals surface area contributed by atoms with E-state index >= 15 is 0 Å². The third-order valence-corrected chi connectivity index (χ3v) is 5.72. The molecule has 4 nitrogen and oxygen atoms in total. The highest BCUT2D eigenvalue weighted by Crippen LogP contribution is 2.36. The van der Waals surface area contributed by atoms with Gasteiger partial charge in [0.2, 0.25) is 0 Å². The van der Waals surface area contributed by atoms with Gasteiger partial charge in [-0.1, -0.05) is 85.0 Å². The fourth-order valence-electron chi connectivity index (χ4n) is 3.72. The molecule has 0 bridgehead atoms. The van der Waals surface area contributed by atoms with E-state index in [0.29, 0.717) is 18.8 Å². The van der Waals surface area contributed by atoms with Gasteiger partial charge < -0.3 is 10.2 Å². The van der Waals surface area contributed by atoms with Crippen LogP contribution in [-0.2, 0) is 9.59 Å². The van der Waals surface area contributed by atoms with E-state index in [9.17, 15) is 14.7 Å². The van der Waals surface area contributed by atoms with Gasteiger partial charge in [-0.3, -0.25) is 9.59 Å². The predicted octanol–water partition coefficient (Wildman–Crippen LogP) is 6.53. The van der Waals surface area contributed by atoms with Gasteiger partial charge in [0.1, 0.15) is 0 Å². The molecule has 0 saturated heterocycles. The number of carboxylic acids is 2. The maximum atomic E-state index is 11.9. The lowest BCUT2D eigenvalue weighted by atomic mass is 9.74. The second-order valence-corrected chi connectivity index (χ2v) is 8.41. The number of hydrogen-bond acceptors (Lipinski definition) is 2. The molecule has 0 aliphatic rings. The minimum Gasteiger partial charge on any atom is -0.481 e. The van der Waals surface area contributed by atoms with Crippen LogP contribution in [-0.4, -0.2) is 22.2 Å². The Morgan fingerprint density at radius 1 is 0.846 bits per heavy atom. The summed E-state index contributed by atoms with van der Waals surface area (Å²) in [6.07, 6.45) is 13.1. The summed E-state index contributed by atoms with van der Waals surface area (Å²) >= 11 is 0. The number of aliphatic carboxylic acids is 2. The predicted molar refractivity (Wildman–Crippen MR) is 107 cm³/mol. The zero-order chi connectivity index (χ0) is 20.0. The molecule has 2 N–H and O–H groups in total. The highest BCUT2D eigenvalue weighted by molar-refractivity contribution is 5.74. The molecule has 0 radical (unpaired) electrons. The van der Waals surface area contributed by atoms with Gasteiger partial charge in [-0.2, -0.15) is 0 Å². The molecule has 4 heteroatoms. The molecule has 3 unspecified atom stereocenters. The minimum absolute atomic E-state index is 0.345. The summed E-state index contributed by atoms with van der Waals surface area (Å²) in [7, 11) is 0. The standard InChI is InChI=1S/C22H42O4/c1-5-7-9-10-15-19(14-8-6-2)17-22(4,21(25)26)16-12-11-13-18(3)20(23)24/h18-19H,5-17H2,1-4H3,(H,23,24)(H,25,26). The third kappa shape index (κ3) is 10.8. The second kappa shape index (κ2) is 14.1. The molecule has 0 heterocycles. The smallest absolute Gasteiger partial charge is 0.309 e. The summed E-state index contributed by atoms with van der Waals surface area (Å²) in [5.74, 6) is -1.32. The Hall–Kier alpha value is -1.06. The van der Waals surface area contributed by atoms with Gasteiger partial charge in [0, 0.05) is 0 Å². The number of rotatable bonds is 17. The Morgan fingerprint density at radius 2 is 1.42 bits per heavy atom. The molecule has 0 spiro atoms. The fraction of sp³-hybridized carbons (Fsp3) is 0.909. The van der Waals surface area contributed by atoms with Crippen molar-refractivity contribution in [3.05, 3.63) is 0 Å². The summed E-state index contributed by atoms with van der Waals surface area (Å²) in [4.78, 5) is 22.8. The summed E-state index contributed by atoms with van der Waals surface area (Å²) < 4.78 is 0. The van der Waals surface area contributed by atoms with Gasteiger partial charge in [-0.05, 0) is 32.1 Å². The lowest BCUT2D eigenvalue weighted by Crippen LogP contribution is -2.30. The highest BCUT2D eigenvalue weighted by Gasteiger charge is 2.35. The second-order valence-electron chi connectivity index (χ2n) is 8.41. The van der Waals surface area contributed by atoms with Crippen LogP contribution in [0.2, 0.25) is 0 Å². The van der Waals surface area contributed by atoms with Crippen LogP contribution in [0, 0.1) is 17.3 Å². The van der Waals surface area contributed by atoms with E-state index in [1.165, 1.54) is 32.1 Å². The van der Waals surface area contributed by atoms with Crippen LogP contribution >= 0.6 is 0 Å². The normalized spacial score (nSPS) is 16.0. The van der Waals surface area contributed by atoms with E-state index in [1.807, 2.05) is 6.92 Å². The van der Waals surface area contributed by atoms with Crippen LogP contribution in [0.25, 0.3) is 0 Å².